The summed E-state index contributed by atoms with van der Waals surface area (Å²) in [5.41, 5.74) is 1.40. The monoisotopic (exact) mass is 536 g/mol. The predicted octanol–water partition coefficient (Wildman–Crippen LogP) is 1.97. The number of hydrogen-bond acceptors (Lipinski definition) is 4. The van der Waals surface area contributed by atoms with Crippen molar-refractivity contribution in [2.24, 2.45) is 10.9 Å². The van der Waals surface area contributed by atoms with E-state index in [2.05, 4.69) is 52.5 Å². The molecule has 2 aliphatic heterocycles. The van der Waals surface area contributed by atoms with Crippen molar-refractivity contribution in [3.8, 4) is 0 Å². The van der Waals surface area contributed by atoms with Gasteiger partial charge in [-0.3, -0.25) is 4.99 Å². The molecule has 164 valence electrons. The second-order valence-electron chi connectivity index (χ2n) is 7.53. The molecule has 2 unspecified atom stereocenters. The summed E-state index contributed by atoms with van der Waals surface area (Å²) in [6.07, 6.45) is 1.07. The van der Waals surface area contributed by atoms with E-state index in [9.17, 15) is 8.42 Å². The van der Waals surface area contributed by atoms with Gasteiger partial charge >= 0.3 is 0 Å². The number of rotatable bonds is 5. The Morgan fingerprint density at radius 2 is 1.90 bits per heavy atom. The van der Waals surface area contributed by atoms with Crippen LogP contribution in [0.3, 0.4) is 0 Å². The van der Waals surface area contributed by atoms with Crippen LogP contribution < -0.4 is 5.32 Å². The number of piperidine rings is 1. The Balaban J connectivity index is 0.00000300. The van der Waals surface area contributed by atoms with Crippen molar-refractivity contribution in [3.63, 3.8) is 0 Å². The van der Waals surface area contributed by atoms with Gasteiger partial charge in [0.05, 0.1) is 19.0 Å². The molecule has 0 spiro atoms. The van der Waals surface area contributed by atoms with E-state index < -0.39 is 10.0 Å². The highest BCUT2D eigenvalue weighted by Crippen LogP contribution is 2.32. The van der Waals surface area contributed by atoms with Crippen LogP contribution >= 0.6 is 24.0 Å². The van der Waals surface area contributed by atoms with Crippen LogP contribution in [-0.2, 0) is 14.8 Å². The largest absolute Gasteiger partial charge is 0.379 e. The lowest BCUT2D eigenvalue weighted by Gasteiger charge is -2.39. The molecule has 9 heteroatoms. The van der Waals surface area contributed by atoms with E-state index in [1.165, 1.54) is 9.87 Å². The Labute approximate surface area is 192 Å². The SMILES string of the molecule is CN=C(NCCS(=O)(=O)N1CCOCC1)N1CCC(c2ccccc2)C(C)C1.I. The van der Waals surface area contributed by atoms with Crippen LogP contribution in [0, 0.1) is 5.92 Å². The zero-order valence-corrected chi connectivity index (χ0v) is 20.4. The van der Waals surface area contributed by atoms with Crippen molar-refractivity contribution in [2.45, 2.75) is 19.3 Å². The summed E-state index contributed by atoms with van der Waals surface area (Å²) < 4.78 is 31.7. The lowest BCUT2D eigenvalue weighted by atomic mass is 9.82. The average molecular weight is 536 g/mol. The molecule has 2 heterocycles. The third kappa shape index (κ3) is 6.53. The number of hydrogen-bond donors (Lipinski definition) is 1. The summed E-state index contributed by atoms with van der Waals surface area (Å²) in [5.74, 6) is 1.92. The summed E-state index contributed by atoms with van der Waals surface area (Å²) in [7, 11) is -1.50. The third-order valence-corrected chi connectivity index (χ3v) is 7.52. The molecule has 0 aliphatic carbocycles. The standard InChI is InChI=1S/C20H32N4O3S.HI/c1-17-16-23(10-8-19(17)18-6-4-3-5-7-18)20(21-2)22-9-15-28(25,26)24-11-13-27-14-12-24;/h3-7,17,19H,8-16H2,1-2H3,(H,21,22);1H. The maximum absolute atomic E-state index is 12.5. The van der Waals surface area contributed by atoms with Crippen molar-refractivity contribution in [1.82, 2.24) is 14.5 Å². The first-order valence-electron chi connectivity index (χ1n) is 10.1. The van der Waals surface area contributed by atoms with Gasteiger partial charge < -0.3 is 15.0 Å². The molecule has 1 N–H and O–H groups in total. The van der Waals surface area contributed by atoms with Crippen molar-refractivity contribution in [2.75, 3.05) is 58.7 Å². The van der Waals surface area contributed by atoms with E-state index in [1.54, 1.807) is 7.05 Å². The van der Waals surface area contributed by atoms with E-state index in [4.69, 9.17) is 4.74 Å². The number of benzene rings is 1. The summed E-state index contributed by atoms with van der Waals surface area (Å²) in [6.45, 7) is 6.31. The molecule has 2 atom stereocenters. The fourth-order valence-corrected chi connectivity index (χ4v) is 5.43. The van der Waals surface area contributed by atoms with Gasteiger partial charge in [0.1, 0.15) is 0 Å². The Kier molecular flexibility index (Phi) is 9.64. The highest BCUT2D eigenvalue weighted by atomic mass is 127. The van der Waals surface area contributed by atoms with E-state index in [0.717, 1.165) is 25.5 Å². The normalized spacial score (nSPS) is 24.1. The highest BCUT2D eigenvalue weighted by molar-refractivity contribution is 14.0. The number of guanidine groups is 1. The number of nitrogens with one attached hydrogen (secondary N) is 1. The minimum absolute atomic E-state index is 0. The summed E-state index contributed by atoms with van der Waals surface area (Å²) in [4.78, 5) is 6.62. The van der Waals surface area contributed by atoms with Crippen molar-refractivity contribution < 1.29 is 13.2 Å². The first-order valence-corrected chi connectivity index (χ1v) is 11.7. The molecule has 0 radical (unpaired) electrons. The smallest absolute Gasteiger partial charge is 0.215 e. The minimum atomic E-state index is -3.26. The van der Waals surface area contributed by atoms with E-state index in [1.807, 2.05) is 0 Å². The van der Waals surface area contributed by atoms with Crippen LogP contribution in [0.1, 0.15) is 24.8 Å². The molecule has 3 rings (SSSR count). The number of morpholine rings is 1. The number of aliphatic imine (C=N–C) groups is 1. The number of nitrogens with zero attached hydrogens (tertiary/aromatic N) is 3. The van der Waals surface area contributed by atoms with Crippen LogP contribution in [0.5, 0.6) is 0 Å². The zero-order chi connectivity index (χ0) is 20.0. The maximum Gasteiger partial charge on any atom is 0.215 e. The van der Waals surface area contributed by atoms with E-state index >= 15 is 0 Å². The number of halogens is 1. The van der Waals surface area contributed by atoms with Gasteiger partial charge in [-0.2, -0.15) is 4.31 Å². The fourth-order valence-electron chi connectivity index (χ4n) is 4.11. The first-order chi connectivity index (χ1) is 13.5. The van der Waals surface area contributed by atoms with Gasteiger partial charge in [0, 0.05) is 39.8 Å². The molecule has 2 fully saturated rings. The Morgan fingerprint density at radius 1 is 1.21 bits per heavy atom. The van der Waals surface area contributed by atoms with Gasteiger partial charge in [0.15, 0.2) is 5.96 Å². The van der Waals surface area contributed by atoms with Crippen LogP contribution in [0.4, 0.5) is 0 Å². The van der Waals surface area contributed by atoms with Crippen molar-refractivity contribution >= 4 is 40.0 Å². The zero-order valence-electron chi connectivity index (χ0n) is 17.3. The fraction of sp³-hybridized carbons (Fsp3) is 0.650. The molecule has 0 amide bonds. The predicted molar refractivity (Wildman–Crippen MR) is 127 cm³/mol. The molecule has 1 aromatic carbocycles. The number of likely N-dealkylation sites (tertiary alicyclic amines) is 1. The lowest BCUT2D eigenvalue weighted by molar-refractivity contribution is 0.0730. The molecule has 29 heavy (non-hydrogen) atoms. The molecular formula is C20H33IN4O3S. The van der Waals surface area contributed by atoms with E-state index in [-0.39, 0.29) is 29.7 Å². The van der Waals surface area contributed by atoms with Crippen LogP contribution in [-0.4, -0.2) is 82.3 Å². The molecule has 2 saturated heterocycles. The second kappa shape index (κ2) is 11.5. The lowest BCUT2D eigenvalue weighted by Crippen LogP contribution is -2.49. The first kappa shape index (κ1) is 24.4. The second-order valence-corrected chi connectivity index (χ2v) is 9.62. The summed E-state index contributed by atoms with van der Waals surface area (Å²) in [5, 5.41) is 3.25. The molecule has 7 nitrogen and oxygen atoms in total. The minimum Gasteiger partial charge on any atom is -0.379 e. The van der Waals surface area contributed by atoms with Crippen LogP contribution in [0.2, 0.25) is 0 Å². The summed E-state index contributed by atoms with van der Waals surface area (Å²) in [6, 6.07) is 10.7. The number of sulfonamides is 1. The van der Waals surface area contributed by atoms with Gasteiger partial charge in [-0.05, 0) is 23.8 Å². The highest BCUT2D eigenvalue weighted by Gasteiger charge is 2.29. The van der Waals surface area contributed by atoms with Gasteiger partial charge in [-0.1, -0.05) is 37.3 Å². The summed E-state index contributed by atoms with van der Waals surface area (Å²) >= 11 is 0. The van der Waals surface area contributed by atoms with Crippen molar-refractivity contribution in [3.05, 3.63) is 35.9 Å². The Morgan fingerprint density at radius 3 is 2.52 bits per heavy atom. The van der Waals surface area contributed by atoms with Crippen LogP contribution in [0.25, 0.3) is 0 Å². The number of ether oxygens (including phenoxy) is 1. The molecule has 0 bridgehead atoms. The maximum atomic E-state index is 12.5. The Hall–Kier alpha value is -0.910. The van der Waals surface area contributed by atoms with Crippen LogP contribution in [0.15, 0.2) is 35.3 Å². The topological polar surface area (TPSA) is 74.2 Å². The molecular weight excluding hydrogens is 503 g/mol. The van der Waals surface area contributed by atoms with E-state index in [0.29, 0.717) is 44.7 Å². The molecule has 0 aromatic heterocycles. The van der Waals surface area contributed by atoms with Gasteiger partial charge in [0.25, 0.3) is 0 Å². The Bertz CT molecular complexity index is 754. The molecule has 0 saturated carbocycles. The van der Waals surface area contributed by atoms with Gasteiger partial charge in [-0.25, -0.2) is 8.42 Å². The van der Waals surface area contributed by atoms with Crippen molar-refractivity contribution in [1.29, 1.82) is 0 Å². The quantitative estimate of drug-likeness (QED) is 0.354. The third-order valence-electron chi connectivity index (χ3n) is 5.65. The van der Waals surface area contributed by atoms with Gasteiger partial charge in [-0.15, -0.1) is 24.0 Å². The molecule has 1 aromatic rings. The molecule has 2 aliphatic rings. The van der Waals surface area contributed by atoms with Gasteiger partial charge in [0.2, 0.25) is 10.0 Å². The average Bonchev–Trinajstić information content (AvgIpc) is 2.72.